The lowest BCUT2D eigenvalue weighted by Crippen LogP contribution is -2.15. The smallest absolute Gasteiger partial charge is 0.338 e. The van der Waals surface area contributed by atoms with Crippen molar-refractivity contribution in [1.82, 2.24) is 0 Å². The molecular weight excluding hydrogens is 293 g/mol. The molecular formula is C12H11Cl2NO4. The Morgan fingerprint density at radius 2 is 1.95 bits per heavy atom. The molecule has 0 radical (unpaired) electrons. The van der Waals surface area contributed by atoms with Gasteiger partial charge < -0.3 is 4.74 Å². The summed E-state index contributed by atoms with van der Waals surface area (Å²) >= 11 is 11.5. The first-order valence-electron chi connectivity index (χ1n) is 5.83. The van der Waals surface area contributed by atoms with Crippen LogP contribution in [0.3, 0.4) is 0 Å². The van der Waals surface area contributed by atoms with E-state index in [0.717, 1.165) is 31.7 Å². The molecule has 0 saturated heterocycles. The van der Waals surface area contributed by atoms with E-state index in [-0.39, 0.29) is 21.7 Å². The molecule has 1 aromatic carbocycles. The molecule has 7 heteroatoms. The fourth-order valence-corrected chi connectivity index (χ4v) is 2.44. The number of esters is 1. The maximum Gasteiger partial charge on any atom is 0.338 e. The predicted molar refractivity (Wildman–Crippen MR) is 70.8 cm³/mol. The van der Waals surface area contributed by atoms with Crippen molar-refractivity contribution in [3.05, 3.63) is 37.9 Å². The van der Waals surface area contributed by atoms with Crippen LogP contribution in [-0.4, -0.2) is 17.0 Å². The van der Waals surface area contributed by atoms with Gasteiger partial charge in [0.05, 0.1) is 15.5 Å². The molecule has 19 heavy (non-hydrogen) atoms. The van der Waals surface area contributed by atoms with Crippen LogP contribution in [0.15, 0.2) is 12.1 Å². The van der Waals surface area contributed by atoms with Crippen molar-refractivity contribution < 1.29 is 14.5 Å². The van der Waals surface area contributed by atoms with Gasteiger partial charge in [-0.05, 0) is 31.7 Å². The Morgan fingerprint density at radius 1 is 1.32 bits per heavy atom. The Labute approximate surface area is 119 Å². The Hall–Kier alpha value is -1.33. The van der Waals surface area contributed by atoms with Gasteiger partial charge in [0.25, 0.3) is 5.69 Å². The van der Waals surface area contributed by atoms with E-state index in [0.29, 0.717) is 0 Å². The molecule has 0 atom stereocenters. The number of hydrogen-bond acceptors (Lipinski definition) is 4. The lowest BCUT2D eigenvalue weighted by Gasteiger charge is -2.11. The highest BCUT2D eigenvalue weighted by atomic mass is 35.5. The summed E-state index contributed by atoms with van der Waals surface area (Å²) in [5, 5.41) is 10.6. The normalized spacial score (nSPS) is 15.5. The molecule has 0 spiro atoms. The van der Waals surface area contributed by atoms with Crippen molar-refractivity contribution in [2.45, 2.75) is 31.8 Å². The lowest BCUT2D eigenvalue weighted by molar-refractivity contribution is -0.384. The molecule has 0 heterocycles. The number of nitrogens with zero attached hydrogens (tertiary/aromatic N) is 1. The molecule has 0 aromatic heterocycles. The molecule has 1 aromatic rings. The minimum Gasteiger partial charge on any atom is -0.459 e. The number of benzene rings is 1. The van der Waals surface area contributed by atoms with Crippen molar-refractivity contribution >= 4 is 34.9 Å². The monoisotopic (exact) mass is 303 g/mol. The van der Waals surface area contributed by atoms with Gasteiger partial charge in [-0.3, -0.25) is 10.1 Å². The second-order valence-electron chi connectivity index (χ2n) is 4.36. The third-order valence-corrected chi connectivity index (χ3v) is 3.81. The number of nitro benzene ring substituents is 1. The Bertz CT molecular complexity index is 527. The molecule has 1 fully saturated rings. The molecule has 0 aliphatic heterocycles. The fraction of sp³-hybridized carbons (Fsp3) is 0.417. The second-order valence-corrected chi connectivity index (χ2v) is 5.15. The van der Waals surface area contributed by atoms with E-state index in [4.69, 9.17) is 27.9 Å². The van der Waals surface area contributed by atoms with Crippen LogP contribution in [0.25, 0.3) is 0 Å². The molecule has 0 N–H and O–H groups in total. The quantitative estimate of drug-likeness (QED) is 0.481. The number of ether oxygens (including phenoxy) is 1. The second kappa shape index (κ2) is 5.75. The molecule has 0 amide bonds. The minimum absolute atomic E-state index is 0.0331. The average Bonchev–Trinajstić information content (AvgIpc) is 2.84. The maximum absolute atomic E-state index is 11.9. The van der Waals surface area contributed by atoms with E-state index in [1.807, 2.05) is 0 Å². The van der Waals surface area contributed by atoms with Crippen molar-refractivity contribution in [3.63, 3.8) is 0 Å². The van der Waals surface area contributed by atoms with Gasteiger partial charge in [-0.15, -0.1) is 0 Å². The van der Waals surface area contributed by atoms with Crippen molar-refractivity contribution in [1.29, 1.82) is 0 Å². The number of carbonyl (C=O) groups excluding carboxylic acids is 1. The number of nitro groups is 1. The standard InChI is InChI=1S/C12H11Cl2NO4/c13-9-5-7(6-10(11(9)14)15(17)18)12(16)19-8-3-1-2-4-8/h5-6,8H,1-4H2. The van der Waals surface area contributed by atoms with Gasteiger partial charge in [-0.25, -0.2) is 4.79 Å². The zero-order chi connectivity index (χ0) is 14.0. The first kappa shape index (κ1) is 14.1. The topological polar surface area (TPSA) is 69.4 Å². The third kappa shape index (κ3) is 3.16. The van der Waals surface area contributed by atoms with Gasteiger partial charge in [-0.2, -0.15) is 0 Å². The zero-order valence-corrected chi connectivity index (χ0v) is 11.4. The first-order chi connectivity index (χ1) is 8.99. The summed E-state index contributed by atoms with van der Waals surface area (Å²) in [6, 6.07) is 2.37. The predicted octanol–water partition coefficient (Wildman–Crippen LogP) is 4.00. The molecule has 2 rings (SSSR count). The summed E-state index contributed by atoms with van der Waals surface area (Å²) in [5.74, 6) is -0.603. The Kier molecular flexibility index (Phi) is 4.27. The maximum atomic E-state index is 11.9. The van der Waals surface area contributed by atoms with Crippen molar-refractivity contribution in [2.24, 2.45) is 0 Å². The number of halogens is 2. The average molecular weight is 304 g/mol. The molecule has 1 aliphatic carbocycles. The highest BCUT2D eigenvalue weighted by Crippen LogP contribution is 2.33. The number of rotatable bonds is 3. The van der Waals surface area contributed by atoms with E-state index in [1.165, 1.54) is 6.07 Å². The van der Waals surface area contributed by atoms with Crippen molar-refractivity contribution in [3.8, 4) is 0 Å². The van der Waals surface area contributed by atoms with Crippen LogP contribution in [-0.2, 0) is 4.74 Å². The highest BCUT2D eigenvalue weighted by Gasteiger charge is 2.24. The summed E-state index contributed by atoms with van der Waals surface area (Å²) in [6.45, 7) is 0. The van der Waals surface area contributed by atoms with Gasteiger partial charge in [0, 0.05) is 6.07 Å². The van der Waals surface area contributed by atoms with Gasteiger partial charge in [0.15, 0.2) is 0 Å². The van der Waals surface area contributed by atoms with Crippen molar-refractivity contribution in [2.75, 3.05) is 0 Å². The van der Waals surface area contributed by atoms with Gasteiger partial charge in [0.1, 0.15) is 11.1 Å². The lowest BCUT2D eigenvalue weighted by atomic mass is 10.2. The zero-order valence-electron chi connectivity index (χ0n) is 9.90. The van der Waals surface area contributed by atoms with Crippen LogP contribution in [0.4, 0.5) is 5.69 Å². The van der Waals surface area contributed by atoms with Crippen LogP contribution in [0, 0.1) is 10.1 Å². The van der Waals surface area contributed by atoms with Gasteiger partial charge in [0.2, 0.25) is 0 Å². The summed E-state index contributed by atoms with van der Waals surface area (Å²) in [5.41, 5.74) is -0.347. The first-order valence-corrected chi connectivity index (χ1v) is 6.59. The Balaban J connectivity index is 2.24. The highest BCUT2D eigenvalue weighted by molar-refractivity contribution is 6.43. The van der Waals surface area contributed by atoms with E-state index in [2.05, 4.69) is 0 Å². The van der Waals surface area contributed by atoms with E-state index >= 15 is 0 Å². The van der Waals surface area contributed by atoms with Gasteiger partial charge >= 0.3 is 5.97 Å². The molecule has 1 saturated carbocycles. The molecule has 1 aliphatic rings. The summed E-state index contributed by atoms with van der Waals surface area (Å²) < 4.78 is 5.26. The van der Waals surface area contributed by atoms with Crippen LogP contribution < -0.4 is 0 Å². The van der Waals surface area contributed by atoms with E-state index in [9.17, 15) is 14.9 Å². The summed E-state index contributed by atoms with van der Waals surface area (Å²) in [6.07, 6.45) is 3.60. The van der Waals surface area contributed by atoms with E-state index < -0.39 is 16.6 Å². The molecule has 102 valence electrons. The third-order valence-electron chi connectivity index (χ3n) is 3.02. The minimum atomic E-state index is -0.680. The number of carbonyl (C=O) groups is 1. The van der Waals surface area contributed by atoms with Crippen LogP contribution in [0.5, 0.6) is 0 Å². The Morgan fingerprint density at radius 3 is 2.53 bits per heavy atom. The summed E-state index contributed by atoms with van der Waals surface area (Å²) in [4.78, 5) is 22.0. The number of hydrogen-bond donors (Lipinski definition) is 0. The molecule has 5 nitrogen and oxygen atoms in total. The van der Waals surface area contributed by atoms with Gasteiger partial charge in [-0.1, -0.05) is 23.2 Å². The molecule has 0 bridgehead atoms. The van der Waals surface area contributed by atoms with Crippen LogP contribution in [0.1, 0.15) is 36.0 Å². The van der Waals surface area contributed by atoms with Crippen LogP contribution >= 0.6 is 23.2 Å². The SMILES string of the molecule is O=C(OC1CCCC1)c1cc(Cl)c(Cl)c([N+](=O)[O-])c1. The summed E-state index contributed by atoms with van der Waals surface area (Å²) in [7, 11) is 0. The largest absolute Gasteiger partial charge is 0.459 e. The van der Waals surface area contributed by atoms with Crippen LogP contribution in [0.2, 0.25) is 10.0 Å². The fourth-order valence-electron chi connectivity index (χ4n) is 2.05. The molecule has 0 unspecified atom stereocenters. The van der Waals surface area contributed by atoms with E-state index in [1.54, 1.807) is 0 Å².